The molecule has 0 saturated carbocycles. The molecule has 0 aliphatic carbocycles. The second-order valence-electron chi connectivity index (χ2n) is 4.70. The standard InChI is InChI=1S/C16H9FN2O4/c17-12-5-1-3-10(7-12)8-14-16(20)23-15(18-14)11-4-2-6-13(9-11)19(21)22/h1-9H/b14-8-. The van der Waals surface area contributed by atoms with E-state index in [9.17, 15) is 19.3 Å². The number of cyclic esters (lactones) is 1. The zero-order valence-electron chi connectivity index (χ0n) is 11.6. The lowest BCUT2D eigenvalue weighted by molar-refractivity contribution is -0.384. The Morgan fingerprint density at radius 1 is 1.17 bits per heavy atom. The van der Waals surface area contributed by atoms with E-state index in [1.165, 1.54) is 42.5 Å². The zero-order chi connectivity index (χ0) is 16.4. The van der Waals surface area contributed by atoms with E-state index in [4.69, 9.17) is 4.74 Å². The number of carbonyl (C=O) groups excluding carboxylic acids is 1. The minimum atomic E-state index is -0.698. The molecule has 0 bridgehead atoms. The minimum absolute atomic E-state index is 0.00268. The third kappa shape index (κ3) is 3.13. The molecular formula is C16H9FN2O4. The molecular weight excluding hydrogens is 303 g/mol. The van der Waals surface area contributed by atoms with Gasteiger partial charge in [0.2, 0.25) is 5.90 Å². The van der Waals surface area contributed by atoms with E-state index in [0.717, 1.165) is 0 Å². The number of hydrogen-bond acceptors (Lipinski definition) is 5. The third-order valence-electron chi connectivity index (χ3n) is 3.08. The number of carbonyl (C=O) groups is 1. The summed E-state index contributed by atoms with van der Waals surface area (Å²) in [6.45, 7) is 0. The van der Waals surface area contributed by atoms with Gasteiger partial charge >= 0.3 is 5.97 Å². The van der Waals surface area contributed by atoms with Gasteiger partial charge in [0.15, 0.2) is 5.70 Å². The maximum absolute atomic E-state index is 13.2. The van der Waals surface area contributed by atoms with Crippen molar-refractivity contribution in [2.45, 2.75) is 0 Å². The molecule has 23 heavy (non-hydrogen) atoms. The number of ether oxygens (including phenoxy) is 1. The van der Waals surface area contributed by atoms with Gasteiger partial charge in [-0.15, -0.1) is 0 Å². The quantitative estimate of drug-likeness (QED) is 0.377. The van der Waals surface area contributed by atoms with Crippen LogP contribution in [0, 0.1) is 15.9 Å². The average molecular weight is 312 g/mol. The highest BCUT2D eigenvalue weighted by molar-refractivity contribution is 6.13. The van der Waals surface area contributed by atoms with Gasteiger partial charge in [0.1, 0.15) is 5.82 Å². The Labute approximate surface area is 129 Å². The molecule has 7 heteroatoms. The molecule has 0 atom stereocenters. The van der Waals surface area contributed by atoms with Crippen molar-refractivity contribution in [3.8, 4) is 0 Å². The van der Waals surface area contributed by atoms with Crippen LogP contribution in [0.25, 0.3) is 6.08 Å². The SMILES string of the molecule is O=C1OC(c2cccc([N+](=O)[O-])c2)=N/C1=C\c1cccc(F)c1. The lowest BCUT2D eigenvalue weighted by Gasteiger charge is -1.98. The van der Waals surface area contributed by atoms with Gasteiger partial charge in [-0.25, -0.2) is 14.2 Å². The van der Waals surface area contributed by atoms with Gasteiger partial charge in [-0.05, 0) is 29.8 Å². The Morgan fingerprint density at radius 2 is 1.96 bits per heavy atom. The van der Waals surface area contributed by atoms with Gasteiger partial charge in [-0.1, -0.05) is 18.2 Å². The first-order valence-corrected chi connectivity index (χ1v) is 6.56. The largest absolute Gasteiger partial charge is 0.402 e. The van der Waals surface area contributed by atoms with Gasteiger partial charge in [-0.3, -0.25) is 10.1 Å². The van der Waals surface area contributed by atoms with Crippen molar-refractivity contribution in [2.24, 2.45) is 4.99 Å². The molecule has 6 nitrogen and oxygen atoms in total. The van der Waals surface area contributed by atoms with Crippen LogP contribution < -0.4 is 0 Å². The maximum atomic E-state index is 13.2. The van der Waals surface area contributed by atoms with Crippen LogP contribution in [0.4, 0.5) is 10.1 Å². The van der Waals surface area contributed by atoms with E-state index < -0.39 is 16.7 Å². The molecule has 0 aromatic heterocycles. The number of non-ortho nitro benzene ring substituents is 1. The van der Waals surface area contributed by atoms with Crippen molar-refractivity contribution in [1.82, 2.24) is 0 Å². The molecule has 3 rings (SSSR count). The summed E-state index contributed by atoms with van der Waals surface area (Å²) < 4.78 is 18.2. The van der Waals surface area contributed by atoms with Crippen molar-refractivity contribution in [2.75, 3.05) is 0 Å². The van der Waals surface area contributed by atoms with Gasteiger partial charge in [0.05, 0.1) is 4.92 Å². The number of halogens is 1. The topological polar surface area (TPSA) is 81.8 Å². The predicted molar refractivity (Wildman–Crippen MR) is 80.1 cm³/mol. The van der Waals surface area contributed by atoms with Crippen LogP contribution in [-0.2, 0) is 9.53 Å². The number of nitrogens with zero attached hydrogens (tertiary/aromatic N) is 2. The predicted octanol–water partition coefficient (Wildman–Crippen LogP) is 3.08. The highest BCUT2D eigenvalue weighted by Crippen LogP contribution is 2.21. The highest BCUT2D eigenvalue weighted by atomic mass is 19.1. The summed E-state index contributed by atoms with van der Waals surface area (Å²) in [5.41, 5.74) is 0.636. The summed E-state index contributed by atoms with van der Waals surface area (Å²) in [5, 5.41) is 10.8. The fraction of sp³-hybridized carbons (Fsp3) is 0. The van der Waals surface area contributed by atoms with Crippen LogP contribution in [0.3, 0.4) is 0 Å². The molecule has 0 amide bonds. The number of nitro groups is 1. The van der Waals surface area contributed by atoms with Crippen molar-refractivity contribution in [3.05, 3.63) is 81.3 Å². The van der Waals surface area contributed by atoms with E-state index in [1.54, 1.807) is 12.1 Å². The zero-order valence-corrected chi connectivity index (χ0v) is 11.6. The summed E-state index contributed by atoms with van der Waals surface area (Å²) >= 11 is 0. The summed E-state index contributed by atoms with van der Waals surface area (Å²) in [5.74, 6) is -1.16. The van der Waals surface area contributed by atoms with Gasteiger partial charge < -0.3 is 4.74 Å². The third-order valence-corrected chi connectivity index (χ3v) is 3.08. The molecule has 0 N–H and O–H groups in total. The van der Waals surface area contributed by atoms with E-state index in [-0.39, 0.29) is 17.3 Å². The van der Waals surface area contributed by atoms with Crippen molar-refractivity contribution in [3.63, 3.8) is 0 Å². The smallest absolute Gasteiger partial charge is 0.363 e. The van der Waals surface area contributed by atoms with Crippen LogP contribution in [0.15, 0.2) is 59.2 Å². The molecule has 0 fully saturated rings. The average Bonchev–Trinajstić information content (AvgIpc) is 2.88. The molecule has 1 heterocycles. The summed E-state index contributed by atoms with van der Waals surface area (Å²) in [6, 6.07) is 11.3. The van der Waals surface area contributed by atoms with E-state index in [0.29, 0.717) is 11.1 Å². The first kappa shape index (κ1) is 14.6. The van der Waals surface area contributed by atoms with Crippen LogP contribution >= 0.6 is 0 Å². The fourth-order valence-corrected chi connectivity index (χ4v) is 2.04. The molecule has 2 aromatic carbocycles. The monoisotopic (exact) mass is 312 g/mol. The lowest BCUT2D eigenvalue weighted by Crippen LogP contribution is -2.05. The first-order chi connectivity index (χ1) is 11.0. The first-order valence-electron chi connectivity index (χ1n) is 6.56. The van der Waals surface area contributed by atoms with Gasteiger partial charge in [0.25, 0.3) is 5.69 Å². The summed E-state index contributed by atoms with van der Waals surface area (Å²) in [4.78, 5) is 26.1. The molecule has 1 aliphatic heterocycles. The van der Waals surface area contributed by atoms with Crippen molar-refractivity contribution < 1.29 is 18.8 Å². The van der Waals surface area contributed by atoms with Crippen LogP contribution in [0.1, 0.15) is 11.1 Å². The van der Waals surface area contributed by atoms with Gasteiger partial charge in [-0.2, -0.15) is 0 Å². The molecule has 0 saturated heterocycles. The lowest BCUT2D eigenvalue weighted by atomic mass is 10.2. The minimum Gasteiger partial charge on any atom is -0.402 e. The Hall–Kier alpha value is -3.35. The second-order valence-corrected chi connectivity index (χ2v) is 4.70. The van der Waals surface area contributed by atoms with E-state index in [2.05, 4.69) is 4.99 Å². The normalized spacial score (nSPS) is 15.4. The molecule has 0 spiro atoms. The Kier molecular flexibility index (Phi) is 3.68. The van der Waals surface area contributed by atoms with E-state index >= 15 is 0 Å². The Bertz CT molecular complexity index is 874. The number of benzene rings is 2. The second kappa shape index (κ2) is 5.80. The summed E-state index contributed by atoms with van der Waals surface area (Å²) in [7, 11) is 0. The van der Waals surface area contributed by atoms with Crippen LogP contribution in [0.2, 0.25) is 0 Å². The molecule has 0 radical (unpaired) electrons. The molecule has 114 valence electrons. The number of rotatable bonds is 3. The summed E-state index contributed by atoms with van der Waals surface area (Å²) in [6.07, 6.45) is 1.38. The van der Waals surface area contributed by atoms with E-state index in [1.807, 2.05) is 0 Å². The van der Waals surface area contributed by atoms with Crippen LogP contribution in [-0.4, -0.2) is 16.8 Å². The maximum Gasteiger partial charge on any atom is 0.363 e. The number of hydrogen-bond donors (Lipinski definition) is 0. The van der Waals surface area contributed by atoms with Crippen molar-refractivity contribution >= 4 is 23.6 Å². The van der Waals surface area contributed by atoms with Gasteiger partial charge in [0, 0.05) is 17.7 Å². The molecule has 2 aromatic rings. The van der Waals surface area contributed by atoms with Crippen molar-refractivity contribution in [1.29, 1.82) is 0 Å². The number of nitro benzene ring substituents is 1. The number of esters is 1. The Morgan fingerprint density at radius 3 is 2.70 bits per heavy atom. The Balaban J connectivity index is 1.95. The highest BCUT2D eigenvalue weighted by Gasteiger charge is 2.25. The molecule has 1 aliphatic rings. The molecule has 0 unspecified atom stereocenters. The van der Waals surface area contributed by atoms with Crippen LogP contribution in [0.5, 0.6) is 0 Å². The number of aliphatic imine (C=N–C) groups is 1. The fourth-order valence-electron chi connectivity index (χ4n) is 2.04.